The van der Waals surface area contributed by atoms with Gasteiger partial charge in [-0.1, -0.05) is 0 Å². The molecule has 1 heterocycles. The van der Waals surface area contributed by atoms with Gasteiger partial charge in [-0.25, -0.2) is 0 Å². The molecule has 0 unspecified atom stereocenters. The number of carbonyl (C=O) groups is 1. The van der Waals surface area contributed by atoms with E-state index in [4.69, 9.17) is 4.74 Å². The first-order valence-corrected chi connectivity index (χ1v) is 6.91. The van der Waals surface area contributed by atoms with Crippen molar-refractivity contribution in [1.29, 1.82) is 0 Å². The predicted octanol–water partition coefficient (Wildman–Crippen LogP) is 0.694. The molecule has 2 N–H and O–H groups in total. The van der Waals surface area contributed by atoms with Gasteiger partial charge in [-0.2, -0.15) is 0 Å². The van der Waals surface area contributed by atoms with Gasteiger partial charge in [0.15, 0.2) is 0 Å². The Hall–Kier alpha value is -0.650. The first-order chi connectivity index (χ1) is 8.69. The SMILES string of the molecule is COC1CCC(C(=O)O)(N2CCCNCC2)CC1. The Morgan fingerprint density at radius 3 is 2.67 bits per heavy atom. The summed E-state index contributed by atoms with van der Waals surface area (Å²) in [6.07, 6.45) is 4.40. The maximum absolute atomic E-state index is 11.8. The van der Waals surface area contributed by atoms with Gasteiger partial charge in [-0.05, 0) is 38.6 Å². The maximum atomic E-state index is 11.8. The standard InChI is InChI=1S/C13H24N2O3/c1-18-11-3-5-13(6-4-11,12(16)17)15-9-2-7-14-8-10-15/h11,14H,2-10H2,1H3,(H,16,17). The molecule has 18 heavy (non-hydrogen) atoms. The number of hydrogen-bond acceptors (Lipinski definition) is 4. The third-order valence-electron chi connectivity index (χ3n) is 4.44. The van der Waals surface area contributed by atoms with Crippen LogP contribution in [0.4, 0.5) is 0 Å². The van der Waals surface area contributed by atoms with E-state index in [1.54, 1.807) is 7.11 Å². The van der Waals surface area contributed by atoms with Gasteiger partial charge in [0.1, 0.15) is 5.54 Å². The van der Waals surface area contributed by atoms with Crippen molar-refractivity contribution >= 4 is 5.97 Å². The Morgan fingerprint density at radius 2 is 2.06 bits per heavy atom. The molecule has 1 aliphatic heterocycles. The van der Waals surface area contributed by atoms with E-state index < -0.39 is 11.5 Å². The maximum Gasteiger partial charge on any atom is 0.324 e. The van der Waals surface area contributed by atoms with Crippen molar-refractivity contribution in [3.05, 3.63) is 0 Å². The van der Waals surface area contributed by atoms with Gasteiger partial charge >= 0.3 is 5.97 Å². The molecule has 1 aliphatic carbocycles. The average molecular weight is 256 g/mol. The predicted molar refractivity (Wildman–Crippen MR) is 68.7 cm³/mol. The lowest BCUT2D eigenvalue weighted by molar-refractivity contribution is -0.156. The van der Waals surface area contributed by atoms with E-state index in [0.29, 0.717) is 12.8 Å². The number of aliphatic carboxylic acids is 1. The first-order valence-electron chi connectivity index (χ1n) is 6.91. The minimum Gasteiger partial charge on any atom is -0.480 e. The Balaban J connectivity index is 2.09. The molecule has 1 saturated heterocycles. The summed E-state index contributed by atoms with van der Waals surface area (Å²) in [6.45, 7) is 3.61. The number of hydrogen-bond donors (Lipinski definition) is 2. The van der Waals surface area contributed by atoms with Crippen LogP contribution in [-0.2, 0) is 9.53 Å². The van der Waals surface area contributed by atoms with Crippen molar-refractivity contribution in [2.75, 3.05) is 33.3 Å². The Morgan fingerprint density at radius 1 is 1.33 bits per heavy atom. The fourth-order valence-electron chi connectivity index (χ4n) is 3.24. The second-order valence-electron chi connectivity index (χ2n) is 5.36. The zero-order valence-corrected chi connectivity index (χ0v) is 11.2. The van der Waals surface area contributed by atoms with E-state index >= 15 is 0 Å². The highest BCUT2D eigenvalue weighted by molar-refractivity contribution is 5.79. The number of nitrogens with zero attached hydrogens (tertiary/aromatic N) is 1. The second kappa shape index (κ2) is 5.99. The fraction of sp³-hybridized carbons (Fsp3) is 0.923. The number of nitrogens with one attached hydrogen (secondary N) is 1. The van der Waals surface area contributed by atoms with Crippen molar-refractivity contribution in [3.63, 3.8) is 0 Å². The molecule has 5 nitrogen and oxygen atoms in total. The molecule has 0 aromatic heterocycles. The number of carboxylic acids is 1. The zero-order valence-electron chi connectivity index (χ0n) is 11.2. The lowest BCUT2D eigenvalue weighted by Crippen LogP contribution is -2.58. The average Bonchev–Trinajstić information content (AvgIpc) is 2.67. The van der Waals surface area contributed by atoms with E-state index in [-0.39, 0.29) is 6.10 Å². The lowest BCUT2D eigenvalue weighted by atomic mass is 9.78. The van der Waals surface area contributed by atoms with Gasteiger partial charge < -0.3 is 15.2 Å². The van der Waals surface area contributed by atoms with Crippen LogP contribution >= 0.6 is 0 Å². The monoisotopic (exact) mass is 256 g/mol. The molecule has 2 aliphatic rings. The molecule has 0 aromatic rings. The van der Waals surface area contributed by atoms with Gasteiger partial charge in [-0.15, -0.1) is 0 Å². The summed E-state index contributed by atoms with van der Waals surface area (Å²) in [5.41, 5.74) is -0.652. The first kappa shape index (κ1) is 13.8. The molecule has 0 radical (unpaired) electrons. The quantitative estimate of drug-likeness (QED) is 0.778. The number of rotatable bonds is 3. The molecule has 0 atom stereocenters. The Labute approximate surface area is 108 Å². The molecule has 2 rings (SSSR count). The smallest absolute Gasteiger partial charge is 0.324 e. The van der Waals surface area contributed by atoms with Crippen LogP contribution < -0.4 is 5.32 Å². The summed E-state index contributed by atoms with van der Waals surface area (Å²) < 4.78 is 5.35. The molecule has 104 valence electrons. The molecule has 0 aromatic carbocycles. The summed E-state index contributed by atoms with van der Waals surface area (Å²) in [4.78, 5) is 14.0. The van der Waals surface area contributed by atoms with Gasteiger partial charge in [0.25, 0.3) is 0 Å². The van der Waals surface area contributed by atoms with Gasteiger partial charge in [0.2, 0.25) is 0 Å². The highest BCUT2D eigenvalue weighted by atomic mass is 16.5. The molecule has 2 fully saturated rings. The van der Waals surface area contributed by atoms with Crippen molar-refractivity contribution in [1.82, 2.24) is 10.2 Å². The van der Waals surface area contributed by atoms with Crippen LogP contribution in [0.1, 0.15) is 32.1 Å². The summed E-state index contributed by atoms with van der Waals surface area (Å²) in [6, 6.07) is 0. The molecule has 0 bridgehead atoms. The number of ether oxygens (including phenoxy) is 1. The largest absolute Gasteiger partial charge is 0.480 e. The van der Waals surface area contributed by atoms with Gasteiger partial charge in [0.05, 0.1) is 6.10 Å². The number of methoxy groups -OCH3 is 1. The third kappa shape index (κ3) is 2.68. The number of carboxylic acid groups (broad SMARTS) is 1. The van der Waals surface area contributed by atoms with Crippen molar-refractivity contribution in [2.24, 2.45) is 0 Å². The Kier molecular flexibility index (Phi) is 4.59. The second-order valence-corrected chi connectivity index (χ2v) is 5.36. The van der Waals surface area contributed by atoms with E-state index in [9.17, 15) is 9.90 Å². The highest BCUT2D eigenvalue weighted by Gasteiger charge is 2.46. The van der Waals surface area contributed by atoms with Crippen LogP contribution in [0.15, 0.2) is 0 Å². The summed E-state index contributed by atoms with van der Waals surface area (Å²) in [7, 11) is 1.72. The summed E-state index contributed by atoms with van der Waals surface area (Å²) in [5, 5.41) is 13.0. The minimum atomic E-state index is -0.654. The molecule has 1 saturated carbocycles. The van der Waals surface area contributed by atoms with Crippen molar-refractivity contribution in [2.45, 2.75) is 43.7 Å². The highest BCUT2D eigenvalue weighted by Crippen LogP contribution is 2.35. The van der Waals surface area contributed by atoms with E-state index in [1.165, 1.54) is 0 Å². The van der Waals surface area contributed by atoms with Crippen LogP contribution in [-0.4, -0.2) is 60.9 Å². The molecule has 5 heteroatoms. The minimum absolute atomic E-state index is 0.238. The van der Waals surface area contributed by atoms with E-state index in [0.717, 1.165) is 45.4 Å². The fourth-order valence-corrected chi connectivity index (χ4v) is 3.24. The zero-order chi connectivity index (χ0) is 13.0. The summed E-state index contributed by atoms with van der Waals surface area (Å²) >= 11 is 0. The lowest BCUT2D eigenvalue weighted by Gasteiger charge is -2.44. The van der Waals surface area contributed by atoms with E-state index in [2.05, 4.69) is 10.2 Å². The summed E-state index contributed by atoms with van der Waals surface area (Å²) in [5.74, 6) is -0.654. The molecule has 0 amide bonds. The van der Waals surface area contributed by atoms with Crippen molar-refractivity contribution in [3.8, 4) is 0 Å². The third-order valence-corrected chi connectivity index (χ3v) is 4.44. The van der Waals surface area contributed by atoms with Crippen LogP contribution in [0.5, 0.6) is 0 Å². The Bertz CT molecular complexity index is 280. The molecular weight excluding hydrogens is 232 g/mol. The van der Waals surface area contributed by atoms with E-state index in [1.807, 2.05) is 0 Å². The van der Waals surface area contributed by atoms with Crippen LogP contribution in [0.25, 0.3) is 0 Å². The topological polar surface area (TPSA) is 61.8 Å². The van der Waals surface area contributed by atoms with Crippen LogP contribution in [0.2, 0.25) is 0 Å². The van der Waals surface area contributed by atoms with Gasteiger partial charge in [-0.3, -0.25) is 9.69 Å². The van der Waals surface area contributed by atoms with Gasteiger partial charge in [0, 0.05) is 26.7 Å². The van der Waals surface area contributed by atoms with Crippen LogP contribution in [0, 0.1) is 0 Å². The molecular formula is C13H24N2O3. The van der Waals surface area contributed by atoms with Crippen molar-refractivity contribution < 1.29 is 14.6 Å². The molecule has 0 spiro atoms. The van der Waals surface area contributed by atoms with Crippen LogP contribution in [0.3, 0.4) is 0 Å². The normalized spacial score (nSPS) is 35.1.